The number of aryl methyl sites for hydroxylation is 1. The highest BCUT2D eigenvalue weighted by atomic mass is 32.2. The molecule has 0 unspecified atom stereocenters. The second kappa shape index (κ2) is 9.67. The zero-order valence-electron chi connectivity index (χ0n) is 18.5. The van der Waals surface area contributed by atoms with Crippen LogP contribution in [-0.4, -0.2) is 44.1 Å². The molecule has 3 rings (SSSR count). The van der Waals surface area contributed by atoms with Crippen LogP contribution in [-0.2, 0) is 29.7 Å². The fraction of sp³-hybridized carbons (Fsp3) is 0.409. The lowest BCUT2D eigenvalue weighted by Gasteiger charge is -2.18. The van der Waals surface area contributed by atoms with Crippen molar-refractivity contribution in [3.05, 3.63) is 47.8 Å². The molecular formula is C22H30N4O4S. The molecule has 0 saturated heterocycles. The van der Waals surface area contributed by atoms with Gasteiger partial charge in [0.25, 0.3) is 0 Å². The Kier molecular flexibility index (Phi) is 7.19. The summed E-state index contributed by atoms with van der Waals surface area (Å²) in [5.41, 5.74) is 2.64. The van der Waals surface area contributed by atoms with Gasteiger partial charge in [-0.25, -0.2) is 18.5 Å². The van der Waals surface area contributed by atoms with Gasteiger partial charge in [-0.2, -0.15) is 0 Å². The molecule has 0 aliphatic heterocycles. The molecule has 3 aromatic rings. The maximum absolute atomic E-state index is 11.7. The number of sulfonamides is 1. The van der Waals surface area contributed by atoms with Gasteiger partial charge in [0.1, 0.15) is 5.82 Å². The molecule has 1 heterocycles. The van der Waals surface area contributed by atoms with Gasteiger partial charge in [0.05, 0.1) is 36.7 Å². The number of primary sulfonamides is 1. The summed E-state index contributed by atoms with van der Waals surface area (Å²) in [5, 5.41) is 5.29. The second-order valence-electron chi connectivity index (χ2n) is 7.59. The highest BCUT2D eigenvalue weighted by Gasteiger charge is 2.16. The molecular weight excluding hydrogens is 416 g/mol. The van der Waals surface area contributed by atoms with Crippen molar-refractivity contribution >= 4 is 21.1 Å². The molecule has 0 saturated carbocycles. The first-order chi connectivity index (χ1) is 14.8. The number of benzene rings is 2. The van der Waals surface area contributed by atoms with Crippen LogP contribution in [0.2, 0.25) is 0 Å². The third kappa shape index (κ3) is 5.36. The Morgan fingerprint density at radius 1 is 1.06 bits per heavy atom. The fourth-order valence-corrected chi connectivity index (χ4v) is 4.14. The van der Waals surface area contributed by atoms with Crippen LogP contribution in [0.3, 0.4) is 0 Å². The number of rotatable bonds is 10. The number of nitrogens with zero attached hydrogens (tertiary/aromatic N) is 3. The molecule has 2 aromatic carbocycles. The molecule has 0 bridgehead atoms. The second-order valence-corrected chi connectivity index (χ2v) is 9.15. The van der Waals surface area contributed by atoms with Crippen molar-refractivity contribution in [2.45, 2.75) is 44.3 Å². The Morgan fingerprint density at radius 2 is 1.81 bits per heavy atom. The van der Waals surface area contributed by atoms with Crippen LogP contribution in [0.15, 0.2) is 41.3 Å². The number of nitrogens with two attached hydrogens (primary N) is 1. The lowest BCUT2D eigenvalue weighted by atomic mass is 10.2. The first-order valence-corrected chi connectivity index (χ1v) is 11.7. The average Bonchev–Trinajstić information content (AvgIpc) is 3.07. The SMILES string of the molecule is CCCCn1c(CN(C)Cc2ccc(OC)c(OC)c2)nc2cc(S(N)(=O)=O)ccc21. The van der Waals surface area contributed by atoms with Gasteiger partial charge >= 0.3 is 0 Å². The summed E-state index contributed by atoms with van der Waals surface area (Å²) in [6, 6.07) is 10.7. The number of hydrogen-bond donors (Lipinski definition) is 1. The lowest BCUT2D eigenvalue weighted by molar-refractivity contribution is 0.303. The van der Waals surface area contributed by atoms with Gasteiger partial charge in [0, 0.05) is 13.1 Å². The Hall–Kier alpha value is -2.62. The van der Waals surface area contributed by atoms with E-state index in [0.717, 1.165) is 36.3 Å². The molecule has 0 atom stereocenters. The van der Waals surface area contributed by atoms with E-state index in [-0.39, 0.29) is 4.90 Å². The number of hydrogen-bond acceptors (Lipinski definition) is 6. The van der Waals surface area contributed by atoms with E-state index < -0.39 is 10.0 Å². The largest absolute Gasteiger partial charge is 0.493 e. The summed E-state index contributed by atoms with van der Waals surface area (Å²) in [7, 11) is 1.49. The molecule has 0 aliphatic carbocycles. The topological polar surface area (TPSA) is 99.7 Å². The number of methoxy groups -OCH3 is 2. The van der Waals surface area contributed by atoms with Gasteiger partial charge in [-0.3, -0.25) is 4.90 Å². The van der Waals surface area contributed by atoms with E-state index >= 15 is 0 Å². The van der Waals surface area contributed by atoms with E-state index in [1.807, 2.05) is 25.2 Å². The average molecular weight is 447 g/mol. The number of fused-ring (bicyclic) bond motifs is 1. The van der Waals surface area contributed by atoms with Gasteiger partial charge in [-0.1, -0.05) is 19.4 Å². The third-order valence-electron chi connectivity index (χ3n) is 5.17. The van der Waals surface area contributed by atoms with Crippen molar-refractivity contribution in [3.63, 3.8) is 0 Å². The predicted octanol–water partition coefficient (Wildman–Crippen LogP) is 3.13. The van der Waals surface area contributed by atoms with Gasteiger partial charge in [0.15, 0.2) is 11.5 Å². The highest BCUT2D eigenvalue weighted by Crippen LogP contribution is 2.28. The van der Waals surface area contributed by atoms with Crippen LogP contribution in [0.5, 0.6) is 11.5 Å². The Labute approximate surface area is 183 Å². The van der Waals surface area contributed by atoms with Gasteiger partial charge in [0.2, 0.25) is 10.0 Å². The molecule has 8 nitrogen and oxygen atoms in total. The van der Waals surface area contributed by atoms with Crippen LogP contribution < -0.4 is 14.6 Å². The quantitative estimate of drug-likeness (QED) is 0.514. The summed E-state index contributed by atoms with van der Waals surface area (Å²) in [6.45, 7) is 4.26. The summed E-state index contributed by atoms with van der Waals surface area (Å²) < 4.78 is 36.3. The molecule has 0 aliphatic rings. The van der Waals surface area contributed by atoms with E-state index in [0.29, 0.717) is 30.1 Å². The molecule has 0 spiro atoms. The Bertz CT molecular complexity index is 1160. The molecule has 1 aromatic heterocycles. The number of unbranched alkanes of at least 4 members (excludes halogenated alkanes) is 1. The normalized spacial score (nSPS) is 11.9. The van der Waals surface area contributed by atoms with E-state index in [2.05, 4.69) is 16.4 Å². The van der Waals surface area contributed by atoms with Crippen LogP contribution in [0.25, 0.3) is 11.0 Å². The molecule has 0 radical (unpaired) electrons. The molecule has 9 heteroatoms. The van der Waals surface area contributed by atoms with Crippen molar-refractivity contribution in [1.82, 2.24) is 14.5 Å². The van der Waals surface area contributed by atoms with Crippen LogP contribution >= 0.6 is 0 Å². The minimum atomic E-state index is -3.77. The van der Waals surface area contributed by atoms with Gasteiger partial charge < -0.3 is 14.0 Å². The molecule has 0 amide bonds. The fourth-order valence-electron chi connectivity index (χ4n) is 3.61. The summed E-state index contributed by atoms with van der Waals surface area (Å²) >= 11 is 0. The van der Waals surface area contributed by atoms with Crippen LogP contribution in [0.4, 0.5) is 0 Å². The maximum Gasteiger partial charge on any atom is 0.238 e. The third-order valence-corrected chi connectivity index (χ3v) is 6.09. The minimum absolute atomic E-state index is 0.0744. The van der Waals surface area contributed by atoms with Crippen LogP contribution in [0.1, 0.15) is 31.2 Å². The zero-order valence-corrected chi connectivity index (χ0v) is 19.3. The van der Waals surface area contributed by atoms with Crippen molar-refractivity contribution in [2.24, 2.45) is 5.14 Å². The monoisotopic (exact) mass is 446 g/mol. The molecule has 168 valence electrons. The maximum atomic E-state index is 11.7. The van der Waals surface area contributed by atoms with E-state index in [9.17, 15) is 8.42 Å². The van der Waals surface area contributed by atoms with Crippen LogP contribution in [0, 0.1) is 0 Å². The number of imidazole rings is 1. The Balaban J connectivity index is 1.88. The van der Waals surface area contributed by atoms with Gasteiger partial charge in [-0.05, 0) is 49.4 Å². The summed E-state index contributed by atoms with van der Waals surface area (Å²) in [4.78, 5) is 6.97. The molecule has 0 fully saturated rings. The smallest absolute Gasteiger partial charge is 0.238 e. The van der Waals surface area contributed by atoms with Crippen molar-refractivity contribution in [1.29, 1.82) is 0 Å². The zero-order chi connectivity index (χ0) is 22.6. The Morgan fingerprint density at radius 3 is 2.45 bits per heavy atom. The number of aromatic nitrogens is 2. The lowest BCUT2D eigenvalue weighted by Crippen LogP contribution is -2.20. The molecule has 31 heavy (non-hydrogen) atoms. The number of ether oxygens (including phenoxy) is 2. The van der Waals surface area contributed by atoms with Crippen molar-refractivity contribution < 1.29 is 17.9 Å². The van der Waals surface area contributed by atoms with Crippen molar-refractivity contribution in [3.8, 4) is 11.5 Å². The van der Waals surface area contributed by atoms with Gasteiger partial charge in [-0.15, -0.1) is 0 Å². The highest BCUT2D eigenvalue weighted by molar-refractivity contribution is 7.89. The predicted molar refractivity (Wildman–Crippen MR) is 121 cm³/mol. The standard InChI is InChI=1S/C22H30N4O4S/c1-5-6-11-26-19-9-8-17(31(23,27)28)13-18(19)24-22(26)15-25(2)14-16-7-10-20(29-3)21(12-16)30-4/h7-10,12-13H,5-6,11,14-15H2,1-4H3,(H2,23,27,28). The van der Waals surface area contributed by atoms with E-state index in [4.69, 9.17) is 19.6 Å². The summed E-state index contributed by atoms with van der Waals surface area (Å²) in [5.74, 6) is 2.28. The first-order valence-electron chi connectivity index (χ1n) is 10.2. The molecule has 2 N–H and O–H groups in total. The van der Waals surface area contributed by atoms with E-state index in [1.165, 1.54) is 0 Å². The first kappa shape index (κ1) is 23.1. The van der Waals surface area contributed by atoms with Crippen molar-refractivity contribution in [2.75, 3.05) is 21.3 Å². The minimum Gasteiger partial charge on any atom is -0.493 e. The van der Waals surface area contributed by atoms with E-state index in [1.54, 1.807) is 32.4 Å². The summed E-state index contributed by atoms with van der Waals surface area (Å²) in [6.07, 6.45) is 2.06.